The lowest BCUT2D eigenvalue weighted by Gasteiger charge is -2.25. The van der Waals surface area contributed by atoms with E-state index in [-0.39, 0.29) is 17.3 Å². The Labute approximate surface area is 169 Å². The molecule has 0 atom stereocenters. The van der Waals surface area contributed by atoms with E-state index < -0.39 is 10.0 Å². The van der Waals surface area contributed by atoms with Gasteiger partial charge in [-0.25, -0.2) is 18.1 Å². The highest BCUT2D eigenvalue weighted by Crippen LogP contribution is 2.21. The van der Waals surface area contributed by atoms with E-state index in [9.17, 15) is 13.2 Å². The van der Waals surface area contributed by atoms with Gasteiger partial charge in [0.2, 0.25) is 10.0 Å². The Kier molecular flexibility index (Phi) is 6.78. The van der Waals surface area contributed by atoms with E-state index in [1.165, 1.54) is 23.5 Å². The first kappa shape index (κ1) is 20.9. The zero-order chi connectivity index (χ0) is 20.1. The molecule has 0 radical (unpaired) electrons. The lowest BCUT2D eigenvalue weighted by atomic mass is 10.1. The van der Waals surface area contributed by atoms with Crippen LogP contribution >= 0.6 is 11.3 Å². The quantitative estimate of drug-likeness (QED) is 0.703. The van der Waals surface area contributed by atoms with Crippen LogP contribution in [0.25, 0.3) is 0 Å². The van der Waals surface area contributed by atoms with Gasteiger partial charge in [-0.2, -0.15) is 0 Å². The van der Waals surface area contributed by atoms with E-state index in [0.717, 1.165) is 32.0 Å². The third-order valence-corrected chi connectivity index (χ3v) is 6.71. The number of amides is 1. The molecule has 1 fully saturated rings. The summed E-state index contributed by atoms with van der Waals surface area (Å²) in [5.74, 6) is -0.377. The second kappa shape index (κ2) is 9.10. The highest BCUT2D eigenvalue weighted by atomic mass is 32.2. The van der Waals surface area contributed by atoms with Crippen molar-refractivity contribution in [3.63, 3.8) is 0 Å². The predicted molar refractivity (Wildman–Crippen MR) is 108 cm³/mol. The predicted octanol–water partition coefficient (Wildman–Crippen LogP) is 1.83. The molecule has 1 aromatic carbocycles. The average Bonchev–Trinajstić information content (AvgIpc) is 3.09. The van der Waals surface area contributed by atoms with E-state index in [0.29, 0.717) is 22.8 Å². The van der Waals surface area contributed by atoms with Gasteiger partial charge in [0.1, 0.15) is 0 Å². The fraction of sp³-hybridized carbons (Fsp3) is 0.444. The van der Waals surface area contributed by atoms with E-state index in [1.807, 2.05) is 5.38 Å². The van der Waals surface area contributed by atoms with Crippen molar-refractivity contribution in [1.82, 2.24) is 14.6 Å². The SMILES string of the molecule is CCNS(=O)(=O)c1ccc(C)c(C(=O)Nc2nc(CN3CCOCC3)cs2)c1. The maximum atomic E-state index is 12.7. The smallest absolute Gasteiger partial charge is 0.257 e. The highest BCUT2D eigenvalue weighted by Gasteiger charge is 2.18. The average molecular weight is 425 g/mol. The molecule has 10 heteroatoms. The number of benzene rings is 1. The largest absolute Gasteiger partial charge is 0.379 e. The normalized spacial score (nSPS) is 15.5. The molecule has 1 aromatic heterocycles. The summed E-state index contributed by atoms with van der Waals surface area (Å²) in [4.78, 5) is 19.5. The van der Waals surface area contributed by atoms with Gasteiger partial charge in [-0.05, 0) is 24.6 Å². The molecule has 28 heavy (non-hydrogen) atoms. The number of carbonyl (C=O) groups is 1. The van der Waals surface area contributed by atoms with E-state index in [2.05, 4.69) is 19.9 Å². The molecule has 1 aliphatic rings. The summed E-state index contributed by atoms with van der Waals surface area (Å²) < 4.78 is 32.2. The van der Waals surface area contributed by atoms with Crippen LogP contribution < -0.4 is 10.0 Å². The zero-order valence-corrected chi connectivity index (χ0v) is 17.5. The molecular formula is C18H24N4O4S2. The van der Waals surface area contributed by atoms with Gasteiger partial charge in [-0.1, -0.05) is 13.0 Å². The Bertz CT molecular complexity index is 937. The summed E-state index contributed by atoms with van der Waals surface area (Å²) in [6.07, 6.45) is 0. The van der Waals surface area contributed by atoms with Crippen molar-refractivity contribution >= 4 is 32.4 Å². The van der Waals surface area contributed by atoms with E-state index in [1.54, 1.807) is 19.9 Å². The number of sulfonamides is 1. The van der Waals surface area contributed by atoms with Crippen LogP contribution in [0.5, 0.6) is 0 Å². The van der Waals surface area contributed by atoms with E-state index >= 15 is 0 Å². The van der Waals surface area contributed by atoms with Crippen LogP contribution in [0.1, 0.15) is 28.5 Å². The number of thiazole rings is 1. The number of aryl methyl sites for hydroxylation is 1. The minimum Gasteiger partial charge on any atom is -0.379 e. The molecule has 1 saturated heterocycles. The van der Waals surface area contributed by atoms with Gasteiger partial charge in [0.25, 0.3) is 5.91 Å². The number of anilines is 1. The first-order chi connectivity index (χ1) is 13.4. The minimum absolute atomic E-state index is 0.0669. The fourth-order valence-corrected chi connectivity index (χ4v) is 4.64. The third-order valence-electron chi connectivity index (χ3n) is 4.36. The van der Waals surface area contributed by atoms with Gasteiger partial charge in [-0.15, -0.1) is 11.3 Å². The minimum atomic E-state index is -3.63. The van der Waals surface area contributed by atoms with Crippen LogP contribution in [0.2, 0.25) is 0 Å². The molecule has 1 aliphatic heterocycles. The van der Waals surface area contributed by atoms with Gasteiger partial charge < -0.3 is 4.74 Å². The Hall–Kier alpha value is -1.85. The monoisotopic (exact) mass is 424 g/mol. The third kappa shape index (κ3) is 5.15. The molecule has 0 saturated carbocycles. The topological polar surface area (TPSA) is 101 Å². The van der Waals surface area contributed by atoms with Gasteiger partial charge in [-0.3, -0.25) is 15.0 Å². The number of nitrogens with zero attached hydrogens (tertiary/aromatic N) is 2. The molecule has 152 valence electrons. The van der Waals surface area contributed by atoms with Crippen molar-refractivity contribution in [2.75, 3.05) is 38.2 Å². The highest BCUT2D eigenvalue weighted by molar-refractivity contribution is 7.89. The van der Waals surface area contributed by atoms with Crippen molar-refractivity contribution in [1.29, 1.82) is 0 Å². The summed E-state index contributed by atoms with van der Waals surface area (Å²) in [7, 11) is -3.63. The van der Waals surface area contributed by atoms with Gasteiger partial charge in [0.15, 0.2) is 5.13 Å². The Morgan fingerprint density at radius 1 is 1.32 bits per heavy atom. The molecule has 2 N–H and O–H groups in total. The van der Waals surface area contributed by atoms with Crippen molar-refractivity contribution in [2.24, 2.45) is 0 Å². The van der Waals surface area contributed by atoms with Crippen molar-refractivity contribution < 1.29 is 17.9 Å². The molecule has 0 spiro atoms. The summed E-state index contributed by atoms with van der Waals surface area (Å²) in [6, 6.07) is 4.52. The number of hydrogen-bond acceptors (Lipinski definition) is 7. The van der Waals surface area contributed by atoms with Gasteiger partial charge in [0.05, 0.1) is 23.8 Å². The Morgan fingerprint density at radius 3 is 2.79 bits per heavy atom. The number of aromatic nitrogens is 1. The van der Waals surface area contributed by atoms with Crippen molar-refractivity contribution in [3.05, 3.63) is 40.4 Å². The summed E-state index contributed by atoms with van der Waals surface area (Å²) in [6.45, 7) is 7.64. The van der Waals surface area contributed by atoms with Crippen molar-refractivity contribution in [3.8, 4) is 0 Å². The Balaban J connectivity index is 1.71. The summed E-state index contributed by atoms with van der Waals surface area (Å²) >= 11 is 1.35. The molecular weight excluding hydrogens is 400 g/mol. The van der Waals surface area contributed by atoms with Gasteiger partial charge >= 0.3 is 0 Å². The standard InChI is InChI=1S/C18H24N4O4S2/c1-3-19-28(24,25)15-5-4-13(2)16(10-15)17(23)21-18-20-14(12-27-18)11-22-6-8-26-9-7-22/h4-5,10,12,19H,3,6-9,11H2,1-2H3,(H,20,21,23). The number of hydrogen-bond donors (Lipinski definition) is 2. The van der Waals surface area contributed by atoms with Crippen LogP contribution in [0.15, 0.2) is 28.5 Å². The lowest BCUT2D eigenvalue weighted by Crippen LogP contribution is -2.35. The lowest BCUT2D eigenvalue weighted by molar-refractivity contribution is 0.0337. The molecule has 8 nitrogen and oxygen atoms in total. The Morgan fingerprint density at radius 2 is 2.07 bits per heavy atom. The first-order valence-corrected chi connectivity index (χ1v) is 11.4. The van der Waals surface area contributed by atoms with E-state index in [4.69, 9.17) is 4.74 Å². The van der Waals surface area contributed by atoms with Crippen LogP contribution in [-0.4, -0.2) is 57.1 Å². The maximum Gasteiger partial charge on any atom is 0.257 e. The van der Waals surface area contributed by atoms with Crippen LogP contribution in [0.3, 0.4) is 0 Å². The van der Waals surface area contributed by atoms with Crippen LogP contribution in [-0.2, 0) is 21.3 Å². The van der Waals surface area contributed by atoms with Crippen molar-refractivity contribution in [2.45, 2.75) is 25.3 Å². The number of ether oxygens (including phenoxy) is 1. The number of nitrogens with one attached hydrogen (secondary N) is 2. The first-order valence-electron chi connectivity index (χ1n) is 9.05. The summed E-state index contributed by atoms with van der Waals surface area (Å²) in [5, 5.41) is 5.19. The number of morpholine rings is 1. The molecule has 0 aliphatic carbocycles. The molecule has 2 aromatic rings. The molecule has 1 amide bonds. The van der Waals surface area contributed by atoms with Gasteiger partial charge in [0, 0.05) is 37.1 Å². The molecule has 0 unspecified atom stereocenters. The molecule has 2 heterocycles. The second-order valence-corrected chi connectivity index (χ2v) is 9.09. The summed E-state index contributed by atoms with van der Waals surface area (Å²) in [5.41, 5.74) is 1.89. The number of carbonyl (C=O) groups excluding carboxylic acids is 1. The fourth-order valence-electron chi connectivity index (χ4n) is 2.88. The zero-order valence-electron chi connectivity index (χ0n) is 15.9. The van der Waals surface area contributed by atoms with Crippen LogP contribution in [0, 0.1) is 6.92 Å². The van der Waals surface area contributed by atoms with Crippen LogP contribution in [0.4, 0.5) is 5.13 Å². The maximum absolute atomic E-state index is 12.7. The molecule has 0 bridgehead atoms. The number of rotatable bonds is 7. The molecule has 3 rings (SSSR count). The second-order valence-electron chi connectivity index (χ2n) is 6.46.